The third-order valence-electron chi connectivity index (χ3n) is 10.1. The summed E-state index contributed by atoms with van der Waals surface area (Å²) >= 11 is 0. The van der Waals surface area contributed by atoms with Gasteiger partial charge >= 0.3 is 12.4 Å². The molecule has 0 spiro atoms. The molecule has 0 amide bonds. The molecule has 0 fully saturated rings. The number of halogens is 6. The molecule has 0 atom stereocenters. The molecular weight excluding hydrogens is 672 g/mol. The van der Waals surface area contributed by atoms with E-state index in [2.05, 4.69) is 4.85 Å². The highest BCUT2D eigenvalue weighted by atomic mass is 19.4. The number of alkyl halides is 6. The maximum absolute atomic E-state index is 15.9. The number of rotatable bonds is 3. The molecular formula is C43H29F6N3. The molecule has 0 radical (unpaired) electrons. The normalized spacial score (nSPS) is 12.4. The summed E-state index contributed by atoms with van der Waals surface area (Å²) in [6.45, 7) is 15.4. The van der Waals surface area contributed by atoms with Crippen molar-refractivity contribution < 1.29 is 26.3 Å². The summed E-state index contributed by atoms with van der Waals surface area (Å²) in [6.07, 6.45) is -9.98. The van der Waals surface area contributed by atoms with Gasteiger partial charge in [-0.2, -0.15) is 26.3 Å². The van der Waals surface area contributed by atoms with Crippen LogP contribution in [0.15, 0.2) is 103 Å². The van der Waals surface area contributed by atoms with E-state index in [1.807, 2.05) is 76.2 Å². The van der Waals surface area contributed by atoms with Crippen molar-refractivity contribution in [2.24, 2.45) is 0 Å². The quantitative estimate of drug-likeness (QED) is 0.129. The molecule has 0 aliphatic carbocycles. The van der Waals surface area contributed by atoms with Crippen LogP contribution in [0.1, 0.15) is 33.4 Å². The monoisotopic (exact) mass is 701 g/mol. The molecule has 0 bridgehead atoms. The molecule has 6 aromatic carbocycles. The van der Waals surface area contributed by atoms with Crippen molar-refractivity contribution in [2.75, 3.05) is 0 Å². The fraction of sp³-hybridized carbons (Fsp3) is 0.140. The van der Waals surface area contributed by atoms with Gasteiger partial charge in [0.15, 0.2) is 5.69 Å². The van der Waals surface area contributed by atoms with Crippen LogP contribution in [0.25, 0.3) is 71.0 Å². The Hall–Kier alpha value is -6.01. The minimum atomic E-state index is -5.04. The van der Waals surface area contributed by atoms with Crippen LogP contribution in [-0.2, 0) is 12.4 Å². The Balaban J connectivity index is 1.68. The van der Waals surface area contributed by atoms with E-state index >= 15 is 13.2 Å². The fourth-order valence-electron chi connectivity index (χ4n) is 7.97. The van der Waals surface area contributed by atoms with Gasteiger partial charge in [0.1, 0.15) is 0 Å². The summed E-state index contributed by atoms with van der Waals surface area (Å²) in [7, 11) is 0. The standard InChI is InChI=1S/C43H29F6N3/c1-23-11-6-17-31-36(23)37-24(2)12-7-18-32(37)51(31)35-22-27(40-28(42(44,45)46)15-10-16-30(40)50-5)21-29(43(47,48)49)41(35)52-33-19-8-13-25(3)38(33)39-26(4)14-9-20-34(39)52/h6-22H,1-4H3. The van der Waals surface area contributed by atoms with Gasteiger partial charge in [0.05, 0.1) is 51.1 Å². The van der Waals surface area contributed by atoms with Crippen LogP contribution < -0.4 is 0 Å². The number of fused-ring (bicyclic) bond motifs is 6. The Morgan fingerprint density at radius 1 is 0.500 bits per heavy atom. The molecule has 258 valence electrons. The van der Waals surface area contributed by atoms with Crippen molar-refractivity contribution in [3.05, 3.63) is 148 Å². The van der Waals surface area contributed by atoms with Gasteiger partial charge in [-0.1, -0.05) is 66.7 Å². The molecule has 0 N–H and O–H groups in total. The van der Waals surface area contributed by atoms with Crippen LogP contribution >= 0.6 is 0 Å². The summed E-state index contributed by atoms with van der Waals surface area (Å²) in [5.41, 5.74) is 1.85. The van der Waals surface area contributed by atoms with Crippen LogP contribution in [0.2, 0.25) is 0 Å². The Bertz CT molecular complexity index is 2710. The van der Waals surface area contributed by atoms with Gasteiger partial charge in [0.2, 0.25) is 0 Å². The maximum Gasteiger partial charge on any atom is 0.418 e. The lowest BCUT2D eigenvalue weighted by Gasteiger charge is -2.24. The van der Waals surface area contributed by atoms with E-state index in [1.54, 1.807) is 33.4 Å². The van der Waals surface area contributed by atoms with Crippen LogP contribution in [-0.4, -0.2) is 9.13 Å². The van der Waals surface area contributed by atoms with Crippen molar-refractivity contribution >= 4 is 49.3 Å². The molecule has 8 rings (SSSR count). The predicted molar refractivity (Wildman–Crippen MR) is 196 cm³/mol. The van der Waals surface area contributed by atoms with Crippen LogP contribution in [0, 0.1) is 34.3 Å². The lowest BCUT2D eigenvalue weighted by Crippen LogP contribution is -2.15. The van der Waals surface area contributed by atoms with Gasteiger partial charge in [0, 0.05) is 21.5 Å². The first-order valence-corrected chi connectivity index (χ1v) is 16.5. The molecule has 9 heteroatoms. The number of aryl methyl sites for hydroxylation is 4. The second-order valence-corrected chi connectivity index (χ2v) is 13.2. The summed E-state index contributed by atoms with van der Waals surface area (Å²) in [5, 5.41) is 3.22. The Morgan fingerprint density at radius 3 is 1.31 bits per heavy atom. The van der Waals surface area contributed by atoms with E-state index in [1.165, 1.54) is 12.1 Å². The van der Waals surface area contributed by atoms with Crippen molar-refractivity contribution in [1.82, 2.24) is 9.13 Å². The second kappa shape index (κ2) is 11.5. The maximum atomic E-state index is 15.9. The first-order chi connectivity index (χ1) is 24.7. The minimum Gasteiger partial charge on any atom is -0.307 e. The number of hydrogen-bond donors (Lipinski definition) is 0. The lowest BCUT2D eigenvalue weighted by atomic mass is 9.93. The zero-order valence-corrected chi connectivity index (χ0v) is 28.4. The molecule has 0 aliphatic rings. The van der Waals surface area contributed by atoms with E-state index in [0.29, 0.717) is 22.1 Å². The molecule has 0 saturated heterocycles. The summed E-state index contributed by atoms with van der Waals surface area (Å²) in [5.74, 6) is 0. The minimum absolute atomic E-state index is 0.0238. The van der Waals surface area contributed by atoms with Crippen LogP contribution in [0.5, 0.6) is 0 Å². The Morgan fingerprint density at radius 2 is 0.904 bits per heavy atom. The number of hydrogen-bond acceptors (Lipinski definition) is 0. The molecule has 0 aliphatic heterocycles. The summed E-state index contributed by atoms with van der Waals surface area (Å²) in [4.78, 5) is 3.36. The molecule has 0 unspecified atom stereocenters. The lowest BCUT2D eigenvalue weighted by molar-refractivity contribution is -0.137. The first kappa shape index (κ1) is 33.2. The highest BCUT2D eigenvalue weighted by molar-refractivity contribution is 6.15. The van der Waals surface area contributed by atoms with Gasteiger partial charge in [0.25, 0.3) is 0 Å². The molecule has 2 aromatic heterocycles. The van der Waals surface area contributed by atoms with Crippen molar-refractivity contribution in [3.63, 3.8) is 0 Å². The van der Waals surface area contributed by atoms with Crippen molar-refractivity contribution in [2.45, 2.75) is 40.0 Å². The molecule has 0 saturated carbocycles. The van der Waals surface area contributed by atoms with Gasteiger partial charge < -0.3 is 9.13 Å². The van der Waals surface area contributed by atoms with Crippen molar-refractivity contribution in [1.29, 1.82) is 0 Å². The largest absolute Gasteiger partial charge is 0.418 e. The van der Waals surface area contributed by atoms with Gasteiger partial charge in [-0.3, -0.25) is 0 Å². The zero-order chi connectivity index (χ0) is 36.9. The van der Waals surface area contributed by atoms with Crippen molar-refractivity contribution in [3.8, 4) is 22.5 Å². The number of benzene rings is 6. The predicted octanol–water partition coefficient (Wildman–Crippen LogP) is 13.4. The molecule has 8 aromatic rings. The van der Waals surface area contributed by atoms with Gasteiger partial charge in [-0.05, 0) is 97.5 Å². The molecule has 52 heavy (non-hydrogen) atoms. The average molecular weight is 702 g/mol. The van der Waals surface area contributed by atoms with E-state index in [4.69, 9.17) is 6.57 Å². The van der Waals surface area contributed by atoms with Gasteiger partial charge in [-0.25, -0.2) is 4.85 Å². The highest BCUT2D eigenvalue weighted by Gasteiger charge is 2.40. The molecule has 3 nitrogen and oxygen atoms in total. The van der Waals surface area contributed by atoms with Gasteiger partial charge in [-0.15, -0.1) is 0 Å². The highest BCUT2D eigenvalue weighted by Crippen LogP contribution is 2.49. The second-order valence-electron chi connectivity index (χ2n) is 13.2. The van der Waals surface area contributed by atoms with E-state index in [9.17, 15) is 13.2 Å². The van der Waals surface area contributed by atoms with E-state index in [0.717, 1.165) is 62.0 Å². The Kier molecular flexibility index (Phi) is 7.33. The van der Waals surface area contributed by atoms with Crippen LogP contribution in [0.4, 0.5) is 32.0 Å². The Labute approximate surface area is 294 Å². The summed E-state index contributed by atoms with van der Waals surface area (Å²) < 4.78 is 95.0. The van der Waals surface area contributed by atoms with Crippen LogP contribution in [0.3, 0.4) is 0 Å². The third kappa shape index (κ3) is 4.81. The SMILES string of the molecule is [C-]#[N+]c1cccc(C(F)(F)F)c1-c1cc(-n2c3cccc(C)c3c3c(C)cccc32)c(-n2c3cccc(C)c3c3c(C)cccc32)c(C(F)(F)F)c1. The number of aromatic nitrogens is 2. The first-order valence-electron chi connectivity index (χ1n) is 16.5. The smallest absolute Gasteiger partial charge is 0.307 e. The van der Waals surface area contributed by atoms with E-state index in [-0.39, 0.29) is 16.9 Å². The molecule has 2 heterocycles. The topological polar surface area (TPSA) is 14.2 Å². The third-order valence-corrected chi connectivity index (χ3v) is 10.1. The zero-order valence-electron chi connectivity index (χ0n) is 28.4. The average Bonchev–Trinajstić information content (AvgIpc) is 3.62. The fourth-order valence-corrected chi connectivity index (χ4v) is 7.97. The van der Waals surface area contributed by atoms with E-state index < -0.39 is 34.7 Å². The number of nitrogens with zero attached hydrogens (tertiary/aromatic N) is 3. The summed E-state index contributed by atoms with van der Waals surface area (Å²) in [6, 6.07) is 27.3.